The van der Waals surface area contributed by atoms with Gasteiger partial charge in [-0.15, -0.1) is 0 Å². The van der Waals surface area contributed by atoms with E-state index < -0.39 is 0 Å². The van der Waals surface area contributed by atoms with Gasteiger partial charge in [-0.2, -0.15) is 0 Å². The molecular formula is C12H16BrNO3. The summed E-state index contributed by atoms with van der Waals surface area (Å²) in [6.45, 7) is 3.03. The third-order valence-electron chi connectivity index (χ3n) is 2.12. The molecule has 0 heterocycles. The second-order valence-electron chi connectivity index (χ2n) is 3.38. The van der Waals surface area contributed by atoms with Crippen molar-refractivity contribution in [2.24, 2.45) is 0 Å². The molecule has 0 bridgehead atoms. The summed E-state index contributed by atoms with van der Waals surface area (Å²) in [5, 5.41) is 3.01. The maximum absolute atomic E-state index is 11.1. The minimum Gasteiger partial charge on any atom is -0.496 e. The number of methoxy groups -OCH3 is 1. The predicted octanol–water partition coefficient (Wildman–Crippen LogP) is 2.11. The third kappa shape index (κ3) is 4.75. The Bertz CT molecular complexity index is 382. The van der Waals surface area contributed by atoms with Gasteiger partial charge in [-0.25, -0.2) is 0 Å². The van der Waals surface area contributed by atoms with Crippen LogP contribution in [-0.4, -0.2) is 26.2 Å². The molecule has 0 saturated carbocycles. The van der Waals surface area contributed by atoms with Gasteiger partial charge in [0, 0.05) is 6.54 Å². The Morgan fingerprint density at radius 3 is 2.82 bits per heavy atom. The number of halogens is 1. The zero-order valence-corrected chi connectivity index (χ0v) is 11.5. The van der Waals surface area contributed by atoms with Crippen LogP contribution in [0.5, 0.6) is 5.75 Å². The van der Waals surface area contributed by atoms with E-state index in [-0.39, 0.29) is 12.5 Å². The molecule has 0 amide bonds. The summed E-state index contributed by atoms with van der Waals surface area (Å²) >= 11 is 3.41. The van der Waals surface area contributed by atoms with Gasteiger partial charge < -0.3 is 14.8 Å². The van der Waals surface area contributed by atoms with Gasteiger partial charge >= 0.3 is 5.97 Å². The van der Waals surface area contributed by atoms with Crippen molar-refractivity contribution in [1.29, 1.82) is 0 Å². The fourth-order valence-corrected chi connectivity index (χ4v) is 1.93. The van der Waals surface area contributed by atoms with E-state index in [4.69, 9.17) is 9.47 Å². The molecule has 0 aliphatic heterocycles. The molecule has 0 radical (unpaired) electrons. The molecule has 0 atom stereocenters. The van der Waals surface area contributed by atoms with Gasteiger partial charge in [0.05, 0.1) is 24.7 Å². The summed E-state index contributed by atoms with van der Waals surface area (Å²) in [5.74, 6) is 0.555. The molecule has 4 nitrogen and oxygen atoms in total. The van der Waals surface area contributed by atoms with Gasteiger partial charge in [0.2, 0.25) is 0 Å². The SMILES string of the molecule is CCOC(=O)CNCc1ccc(OC)c(Br)c1. The predicted molar refractivity (Wildman–Crippen MR) is 69.0 cm³/mol. The van der Waals surface area contributed by atoms with Crippen LogP contribution in [0.25, 0.3) is 0 Å². The van der Waals surface area contributed by atoms with E-state index in [0.717, 1.165) is 15.8 Å². The second kappa shape index (κ2) is 7.29. The number of hydrogen-bond donors (Lipinski definition) is 1. The lowest BCUT2D eigenvalue weighted by Crippen LogP contribution is -2.24. The number of hydrogen-bond acceptors (Lipinski definition) is 4. The first-order chi connectivity index (χ1) is 8.17. The Balaban J connectivity index is 2.42. The molecule has 17 heavy (non-hydrogen) atoms. The van der Waals surface area contributed by atoms with Crippen LogP contribution in [0.1, 0.15) is 12.5 Å². The Hall–Kier alpha value is -1.07. The van der Waals surface area contributed by atoms with E-state index in [2.05, 4.69) is 21.2 Å². The van der Waals surface area contributed by atoms with Crippen molar-refractivity contribution in [3.8, 4) is 5.75 Å². The summed E-state index contributed by atoms with van der Waals surface area (Å²) in [7, 11) is 1.62. The third-order valence-corrected chi connectivity index (χ3v) is 2.74. The number of carbonyl (C=O) groups excluding carboxylic acids is 1. The van der Waals surface area contributed by atoms with Crippen molar-refractivity contribution in [3.05, 3.63) is 28.2 Å². The lowest BCUT2D eigenvalue weighted by atomic mass is 10.2. The Morgan fingerprint density at radius 2 is 2.24 bits per heavy atom. The maximum atomic E-state index is 11.1. The number of esters is 1. The lowest BCUT2D eigenvalue weighted by Gasteiger charge is -2.07. The van der Waals surface area contributed by atoms with Gasteiger partial charge in [-0.05, 0) is 40.5 Å². The molecule has 1 aromatic carbocycles. The normalized spacial score (nSPS) is 10.1. The van der Waals surface area contributed by atoms with Crippen LogP contribution in [-0.2, 0) is 16.1 Å². The highest BCUT2D eigenvalue weighted by Crippen LogP contribution is 2.25. The van der Waals surface area contributed by atoms with E-state index in [1.54, 1.807) is 14.0 Å². The number of carbonyl (C=O) groups is 1. The van der Waals surface area contributed by atoms with E-state index in [1.165, 1.54) is 0 Å². The first-order valence-corrected chi connectivity index (χ1v) is 6.15. The maximum Gasteiger partial charge on any atom is 0.319 e. The van der Waals surface area contributed by atoms with E-state index in [0.29, 0.717) is 13.2 Å². The lowest BCUT2D eigenvalue weighted by molar-refractivity contribution is -0.142. The van der Waals surface area contributed by atoms with Gasteiger partial charge in [-0.1, -0.05) is 6.07 Å². The number of ether oxygens (including phenoxy) is 2. The minimum atomic E-state index is -0.236. The van der Waals surface area contributed by atoms with E-state index >= 15 is 0 Å². The average Bonchev–Trinajstić information content (AvgIpc) is 2.29. The van der Waals surface area contributed by atoms with Crippen molar-refractivity contribution < 1.29 is 14.3 Å². The largest absolute Gasteiger partial charge is 0.496 e. The molecule has 0 aliphatic carbocycles. The highest BCUT2D eigenvalue weighted by molar-refractivity contribution is 9.10. The van der Waals surface area contributed by atoms with Crippen LogP contribution in [0.4, 0.5) is 0 Å². The molecule has 0 unspecified atom stereocenters. The average molecular weight is 302 g/mol. The minimum absolute atomic E-state index is 0.220. The monoisotopic (exact) mass is 301 g/mol. The molecule has 94 valence electrons. The molecular weight excluding hydrogens is 286 g/mol. The van der Waals surface area contributed by atoms with Crippen LogP contribution in [0.2, 0.25) is 0 Å². The molecule has 5 heteroatoms. The quantitative estimate of drug-likeness (QED) is 0.818. The first-order valence-electron chi connectivity index (χ1n) is 5.36. The molecule has 0 spiro atoms. The fraction of sp³-hybridized carbons (Fsp3) is 0.417. The molecule has 1 aromatic rings. The van der Waals surface area contributed by atoms with Crippen LogP contribution in [0.15, 0.2) is 22.7 Å². The second-order valence-corrected chi connectivity index (χ2v) is 4.23. The Kier molecular flexibility index (Phi) is 6.00. The standard InChI is InChI=1S/C12H16BrNO3/c1-3-17-12(15)8-14-7-9-4-5-11(16-2)10(13)6-9/h4-6,14H,3,7-8H2,1-2H3. The van der Waals surface area contributed by atoms with Crippen LogP contribution >= 0.6 is 15.9 Å². The van der Waals surface area contributed by atoms with Crippen LogP contribution in [0, 0.1) is 0 Å². The molecule has 1 N–H and O–H groups in total. The zero-order valence-electron chi connectivity index (χ0n) is 9.96. The van der Waals surface area contributed by atoms with Gasteiger partial charge in [0.25, 0.3) is 0 Å². The van der Waals surface area contributed by atoms with Gasteiger partial charge in [-0.3, -0.25) is 4.79 Å². The van der Waals surface area contributed by atoms with Crippen molar-refractivity contribution in [2.45, 2.75) is 13.5 Å². The summed E-state index contributed by atoms with van der Waals surface area (Å²) in [6, 6.07) is 5.78. The summed E-state index contributed by atoms with van der Waals surface area (Å²) in [5.41, 5.74) is 1.07. The van der Waals surface area contributed by atoms with Crippen molar-refractivity contribution in [1.82, 2.24) is 5.32 Å². The molecule has 1 rings (SSSR count). The summed E-state index contributed by atoms with van der Waals surface area (Å²) in [6.07, 6.45) is 0. The molecule has 0 fully saturated rings. The van der Waals surface area contributed by atoms with Crippen molar-refractivity contribution >= 4 is 21.9 Å². The molecule has 0 aromatic heterocycles. The van der Waals surface area contributed by atoms with Crippen LogP contribution < -0.4 is 10.1 Å². The summed E-state index contributed by atoms with van der Waals surface area (Å²) in [4.78, 5) is 11.1. The Labute approximate surface area is 109 Å². The highest BCUT2D eigenvalue weighted by Gasteiger charge is 2.03. The number of nitrogens with one attached hydrogen (secondary N) is 1. The van der Waals surface area contributed by atoms with Crippen molar-refractivity contribution in [2.75, 3.05) is 20.3 Å². The molecule has 0 aliphatic rings. The van der Waals surface area contributed by atoms with E-state index in [9.17, 15) is 4.79 Å². The van der Waals surface area contributed by atoms with Gasteiger partial charge in [0.15, 0.2) is 0 Å². The first kappa shape index (κ1) is 14.0. The van der Waals surface area contributed by atoms with Crippen LogP contribution in [0.3, 0.4) is 0 Å². The summed E-state index contributed by atoms with van der Waals surface area (Å²) < 4.78 is 10.8. The highest BCUT2D eigenvalue weighted by atomic mass is 79.9. The van der Waals surface area contributed by atoms with E-state index in [1.807, 2.05) is 18.2 Å². The Morgan fingerprint density at radius 1 is 1.47 bits per heavy atom. The smallest absolute Gasteiger partial charge is 0.319 e. The molecule has 0 saturated heterocycles. The zero-order chi connectivity index (χ0) is 12.7. The fourth-order valence-electron chi connectivity index (χ4n) is 1.34. The van der Waals surface area contributed by atoms with Crippen molar-refractivity contribution in [3.63, 3.8) is 0 Å². The number of benzene rings is 1. The number of rotatable bonds is 6. The van der Waals surface area contributed by atoms with Gasteiger partial charge in [0.1, 0.15) is 5.75 Å². The topological polar surface area (TPSA) is 47.6 Å².